The van der Waals surface area contributed by atoms with E-state index in [-0.39, 0.29) is 12.6 Å². The molecule has 0 aromatic heterocycles. The van der Waals surface area contributed by atoms with Gasteiger partial charge < -0.3 is 10.1 Å². The Morgan fingerprint density at radius 3 is 2.38 bits per heavy atom. The van der Waals surface area contributed by atoms with Crippen LogP contribution in [-0.4, -0.2) is 30.4 Å². The van der Waals surface area contributed by atoms with Crippen LogP contribution >= 0.6 is 0 Å². The summed E-state index contributed by atoms with van der Waals surface area (Å²) in [6, 6.07) is 9.25. The Hall–Kier alpha value is -1.60. The lowest BCUT2D eigenvalue weighted by molar-refractivity contribution is 0.133. The molecular weight excluding hydrogens is 294 g/mol. The van der Waals surface area contributed by atoms with Crippen molar-refractivity contribution in [2.24, 2.45) is 0 Å². The Balaban J connectivity index is 1.72. The standard InChI is InChI=1S/C14H19NO5S/c16-14(20-10-11-4-2-1-3-5-11)15-12-6-8-13(9-7-12)21(17,18)19/h1-5,12-13H,6-10H2,(H,15,16)(H,17,18,19). The summed E-state index contributed by atoms with van der Waals surface area (Å²) < 4.78 is 36.1. The smallest absolute Gasteiger partial charge is 0.407 e. The Morgan fingerprint density at radius 2 is 1.81 bits per heavy atom. The fourth-order valence-electron chi connectivity index (χ4n) is 2.44. The second kappa shape index (κ2) is 6.91. The largest absolute Gasteiger partial charge is 0.445 e. The lowest BCUT2D eigenvalue weighted by atomic mass is 9.95. The normalized spacial score (nSPS) is 22.5. The Bertz CT molecular complexity index is 564. The average molecular weight is 313 g/mol. The van der Waals surface area contributed by atoms with Crippen LogP contribution in [0.25, 0.3) is 0 Å². The van der Waals surface area contributed by atoms with Crippen molar-refractivity contribution >= 4 is 16.2 Å². The molecule has 0 atom stereocenters. The number of hydrogen-bond donors (Lipinski definition) is 2. The van der Waals surface area contributed by atoms with Gasteiger partial charge in [0.15, 0.2) is 0 Å². The van der Waals surface area contributed by atoms with E-state index in [2.05, 4.69) is 5.32 Å². The quantitative estimate of drug-likeness (QED) is 0.831. The van der Waals surface area contributed by atoms with Crippen molar-refractivity contribution in [2.75, 3.05) is 0 Å². The molecule has 0 radical (unpaired) electrons. The molecule has 116 valence electrons. The Labute approximate surface area is 124 Å². The first-order valence-corrected chi connectivity index (χ1v) is 8.39. The second-order valence-corrected chi connectivity index (χ2v) is 6.89. The number of amides is 1. The van der Waals surface area contributed by atoms with Gasteiger partial charge in [-0.1, -0.05) is 30.3 Å². The van der Waals surface area contributed by atoms with Crippen LogP contribution in [0.3, 0.4) is 0 Å². The molecule has 2 rings (SSSR count). The molecule has 0 aliphatic heterocycles. The summed E-state index contributed by atoms with van der Waals surface area (Å²) in [4.78, 5) is 11.7. The third-order valence-electron chi connectivity index (χ3n) is 3.63. The van der Waals surface area contributed by atoms with Crippen LogP contribution < -0.4 is 5.32 Å². The minimum Gasteiger partial charge on any atom is -0.445 e. The first-order chi connectivity index (χ1) is 9.95. The van der Waals surface area contributed by atoms with Gasteiger partial charge in [-0.3, -0.25) is 4.55 Å². The van der Waals surface area contributed by atoms with E-state index in [1.807, 2.05) is 30.3 Å². The number of alkyl carbamates (subject to hydrolysis) is 1. The molecule has 21 heavy (non-hydrogen) atoms. The molecule has 0 saturated heterocycles. The van der Waals surface area contributed by atoms with Crippen molar-refractivity contribution in [1.82, 2.24) is 5.32 Å². The maximum atomic E-state index is 11.7. The average Bonchev–Trinajstić information content (AvgIpc) is 2.46. The van der Waals surface area contributed by atoms with E-state index >= 15 is 0 Å². The number of carbonyl (C=O) groups is 1. The molecule has 1 aromatic rings. The molecule has 1 fully saturated rings. The summed E-state index contributed by atoms with van der Waals surface area (Å²) in [6.45, 7) is 0.201. The topological polar surface area (TPSA) is 92.7 Å². The lowest BCUT2D eigenvalue weighted by Crippen LogP contribution is -2.40. The Kier molecular flexibility index (Phi) is 5.19. The van der Waals surface area contributed by atoms with Crippen molar-refractivity contribution in [3.8, 4) is 0 Å². The van der Waals surface area contributed by atoms with Crippen molar-refractivity contribution < 1.29 is 22.5 Å². The van der Waals surface area contributed by atoms with Gasteiger partial charge >= 0.3 is 6.09 Å². The van der Waals surface area contributed by atoms with E-state index in [4.69, 9.17) is 9.29 Å². The highest BCUT2D eigenvalue weighted by molar-refractivity contribution is 7.86. The van der Waals surface area contributed by atoms with Gasteiger partial charge in [-0.25, -0.2) is 4.79 Å². The minimum absolute atomic E-state index is 0.105. The summed E-state index contributed by atoms with van der Waals surface area (Å²) in [5, 5.41) is 2.01. The monoisotopic (exact) mass is 313 g/mol. The highest BCUT2D eigenvalue weighted by Crippen LogP contribution is 2.23. The third kappa shape index (κ3) is 5.02. The van der Waals surface area contributed by atoms with Crippen LogP contribution in [0.2, 0.25) is 0 Å². The van der Waals surface area contributed by atoms with Gasteiger partial charge in [0, 0.05) is 6.04 Å². The predicted octanol–water partition coefficient (Wildman–Crippen LogP) is 2.11. The van der Waals surface area contributed by atoms with Crippen molar-refractivity contribution in [1.29, 1.82) is 0 Å². The fourth-order valence-corrected chi connectivity index (χ4v) is 3.30. The number of nitrogens with one attached hydrogen (secondary N) is 1. The first-order valence-electron chi connectivity index (χ1n) is 6.88. The van der Waals surface area contributed by atoms with Crippen molar-refractivity contribution in [2.45, 2.75) is 43.6 Å². The van der Waals surface area contributed by atoms with Gasteiger partial charge in [0.25, 0.3) is 10.1 Å². The number of benzene rings is 1. The van der Waals surface area contributed by atoms with Crippen LogP contribution in [0.15, 0.2) is 30.3 Å². The maximum Gasteiger partial charge on any atom is 0.407 e. The number of carbonyl (C=O) groups excluding carboxylic acids is 1. The fraction of sp³-hybridized carbons (Fsp3) is 0.500. The van der Waals surface area contributed by atoms with Crippen LogP contribution in [0.1, 0.15) is 31.2 Å². The SMILES string of the molecule is O=C(NC1CCC(S(=O)(=O)O)CC1)OCc1ccccc1. The summed E-state index contributed by atoms with van der Waals surface area (Å²) in [6.07, 6.45) is 1.23. The first kappa shape index (κ1) is 15.8. The summed E-state index contributed by atoms with van der Waals surface area (Å²) in [5.74, 6) is 0. The predicted molar refractivity (Wildman–Crippen MR) is 77.4 cm³/mol. The molecule has 2 N–H and O–H groups in total. The molecule has 0 heterocycles. The van der Waals surface area contributed by atoms with Crippen molar-refractivity contribution in [3.63, 3.8) is 0 Å². The maximum absolute atomic E-state index is 11.7. The van der Waals surface area contributed by atoms with Gasteiger partial charge in [-0.15, -0.1) is 0 Å². The third-order valence-corrected chi connectivity index (χ3v) is 4.94. The van der Waals surface area contributed by atoms with E-state index < -0.39 is 21.5 Å². The van der Waals surface area contributed by atoms with E-state index in [0.29, 0.717) is 25.7 Å². The van der Waals surface area contributed by atoms with Gasteiger partial charge in [-0.2, -0.15) is 8.42 Å². The zero-order chi connectivity index (χ0) is 15.3. The summed E-state index contributed by atoms with van der Waals surface area (Å²) in [5.41, 5.74) is 0.905. The number of hydrogen-bond acceptors (Lipinski definition) is 4. The van der Waals surface area contributed by atoms with E-state index in [9.17, 15) is 13.2 Å². The highest BCUT2D eigenvalue weighted by atomic mass is 32.2. The molecule has 1 amide bonds. The molecule has 1 aromatic carbocycles. The van der Waals surface area contributed by atoms with Gasteiger partial charge in [0.2, 0.25) is 0 Å². The molecule has 1 saturated carbocycles. The lowest BCUT2D eigenvalue weighted by Gasteiger charge is -2.26. The summed E-state index contributed by atoms with van der Waals surface area (Å²) >= 11 is 0. The molecule has 6 nitrogen and oxygen atoms in total. The van der Waals surface area contributed by atoms with Gasteiger partial charge in [-0.05, 0) is 31.2 Å². The van der Waals surface area contributed by atoms with Crippen LogP contribution in [0.5, 0.6) is 0 Å². The molecular formula is C14H19NO5S. The van der Waals surface area contributed by atoms with Gasteiger partial charge in [0.05, 0.1) is 5.25 Å². The minimum atomic E-state index is -3.97. The highest BCUT2D eigenvalue weighted by Gasteiger charge is 2.30. The number of rotatable bonds is 4. The molecule has 1 aliphatic carbocycles. The molecule has 0 spiro atoms. The summed E-state index contributed by atoms with van der Waals surface area (Å²) in [7, 11) is -3.97. The Morgan fingerprint density at radius 1 is 1.19 bits per heavy atom. The van der Waals surface area contributed by atoms with Crippen LogP contribution in [-0.2, 0) is 21.5 Å². The zero-order valence-electron chi connectivity index (χ0n) is 11.6. The van der Waals surface area contributed by atoms with Crippen LogP contribution in [0.4, 0.5) is 4.79 Å². The molecule has 1 aliphatic rings. The van der Waals surface area contributed by atoms with Gasteiger partial charge in [0.1, 0.15) is 6.61 Å². The molecule has 0 unspecified atom stereocenters. The van der Waals surface area contributed by atoms with E-state index in [0.717, 1.165) is 5.56 Å². The van der Waals surface area contributed by atoms with Crippen molar-refractivity contribution in [3.05, 3.63) is 35.9 Å². The van der Waals surface area contributed by atoms with E-state index in [1.54, 1.807) is 0 Å². The number of ether oxygens (including phenoxy) is 1. The molecule has 0 bridgehead atoms. The zero-order valence-corrected chi connectivity index (χ0v) is 12.4. The van der Waals surface area contributed by atoms with Crippen LogP contribution in [0, 0.1) is 0 Å². The molecule has 7 heteroatoms. The van der Waals surface area contributed by atoms with E-state index in [1.165, 1.54) is 0 Å². The second-order valence-electron chi connectivity index (χ2n) is 5.19.